The SMILES string of the molecule is Cn1cnc(S(=O)(=O)Nc2ccc(CO)cc2)c1. The van der Waals surface area contributed by atoms with E-state index < -0.39 is 10.0 Å². The third-order valence-corrected chi connectivity index (χ3v) is 3.61. The van der Waals surface area contributed by atoms with Crippen molar-refractivity contribution in [2.75, 3.05) is 4.72 Å². The van der Waals surface area contributed by atoms with E-state index >= 15 is 0 Å². The Kier molecular flexibility index (Phi) is 3.35. The lowest BCUT2D eigenvalue weighted by molar-refractivity contribution is 0.282. The van der Waals surface area contributed by atoms with Crippen molar-refractivity contribution in [3.63, 3.8) is 0 Å². The standard InChI is InChI=1S/C11H13N3O3S/c1-14-6-11(12-8-14)18(16,17)13-10-4-2-9(7-15)3-5-10/h2-6,8,13,15H,7H2,1H3. The van der Waals surface area contributed by atoms with E-state index in [0.29, 0.717) is 5.69 Å². The first-order valence-corrected chi connectivity index (χ1v) is 6.70. The predicted octanol–water partition coefficient (Wildman–Crippen LogP) is 0.713. The van der Waals surface area contributed by atoms with Gasteiger partial charge in [-0.05, 0) is 17.7 Å². The van der Waals surface area contributed by atoms with Crippen LogP contribution in [0.2, 0.25) is 0 Å². The average molecular weight is 267 g/mol. The highest BCUT2D eigenvalue weighted by Crippen LogP contribution is 2.15. The second kappa shape index (κ2) is 4.79. The molecule has 0 fully saturated rings. The van der Waals surface area contributed by atoms with Crippen LogP contribution in [0.4, 0.5) is 5.69 Å². The van der Waals surface area contributed by atoms with Crippen LogP contribution in [0, 0.1) is 0 Å². The van der Waals surface area contributed by atoms with Crippen LogP contribution in [-0.2, 0) is 23.7 Å². The molecule has 0 unspecified atom stereocenters. The molecule has 0 aliphatic heterocycles. The average Bonchev–Trinajstić information content (AvgIpc) is 2.77. The molecule has 0 spiro atoms. The lowest BCUT2D eigenvalue weighted by Gasteiger charge is -2.06. The van der Waals surface area contributed by atoms with Crippen LogP contribution in [0.25, 0.3) is 0 Å². The highest BCUT2D eigenvalue weighted by molar-refractivity contribution is 7.92. The summed E-state index contributed by atoms with van der Waals surface area (Å²) in [7, 11) is -1.96. The quantitative estimate of drug-likeness (QED) is 0.854. The first-order chi connectivity index (χ1) is 8.51. The predicted molar refractivity (Wildman–Crippen MR) is 66.4 cm³/mol. The largest absolute Gasteiger partial charge is 0.392 e. The molecule has 0 atom stereocenters. The molecular weight excluding hydrogens is 254 g/mol. The molecule has 96 valence electrons. The summed E-state index contributed by atoms with van der Waals surface area (Å²) in [6.07, 6.45) is 2.84. The Bertz CT molecular complexity index is 632. The number of nitrogens with zero attached hydrogens (tertiary/aromatic N) is 2. The van der Waals surface area contributed by atoms with Gasteiger partial charge < -0.3 is 9.67 Å². The summed E-state index contributed by atoms with van der Waals surface area (Å²) in [6, 6.07) is 6.48. The van der Waals surface area contributed by atoms with Crippen molar-refractivity contribution < 1.29 is 13.5 Å². The molecule has 7 heteroatoms. The Labute approximate surface area is 105 Å². The van der Waals surface area contributed by atoms with Crippen LogP contribution in [0.5, 0.6) is 0 Å². The van der Waals surface area contributed by atoms with E-state index in [-0.39, 0.29) is 11.6 Å². The maximum absolute atomic E-state index is 11.9. The maximum atomic E-state index is 11.9. The van der Waals surface area contributed by atoms with E-state index in [1.165, 1.54) is 12.5 Å². The minimum atomic E-state index is -3.66. The van der Waals surface area contributed by atoms with Crippen molar-refractivity contribution in [2.45, 2.75) is 11.6 Å². The molecule has 1 aromatic heterocycles. The number of imidazole rings is 1. The van der Waals surface area contributed by atoms with Crippen molar-refractivity contribution in [2.24, 2.45) is 7.05 Å². The molecule has 2 aromatic rings. The number of nitrogens with one attached hydrogen (secondary N) is 1. The molecular formula is C11H13N3O3S. The van der Waals surface area contributed by atoms with E-state index in [1.807, 2.05) is 0 Å². The number of sulfonamides is 1. The summed E-state index contributed by atoms with van der Waals surface area (Å²) in [6.45, 7) is -0.0761. The third kappa shape index (κ3) is 2.69. The van der Waals surface area contributed by atoms with E-state index in [9.17, 15) is 8.42 Å². The lowest BCUT2D eigenvalue weighted by Crippen LogP contribution is -2.13. The van der Waals surface area contributed by atoms with Crippen LogP contribution in [0.15, 0.2) is 41.8 Å². The first kappa shape index (κ1) is 12.6. The van der Waals surface area contributed by atoms with E-state index in [2.05, 4.69) is 9.71 Å². The van der Waals surface area contributed by atoms with Gasteiger partial charge in [-0.1, -0.05) is 12.1 Å². The summed E-state index contributed by atoms with van der Waals surface area (Å²) in [5.41, 5.74) is 1.15. The normalized spacial score (nSPS) is 11.4. The van der Waals surface area contributed by atoms with Crippen LogP contribution in [-0.4, -0.2) is 23.1 Å². The number of aromatic nitrogens is 2. The monoisotopic (exact) mass is 267 g/mol. The van der Waals surface area contributed by atoms with E-state index in [1.54, 1.807) is 35.9 Å². The van der Waals surface area contributed by atoms with Crippen LogP contribution in [0.3, 0.4) is 0 Å². The molecule has 0 radical (unpaired) electrons. The van der Waals surface area contributed by atoms with Gasteiger partial charge in [0, 0.05) is 18.9 Å². The van der Waals surface area contributed by atoms with Crippen molar-refractivity contribution in [3.05, 3.63) is 42.4 Å². The minimum absolute atomic E-state index is 0.0313. The maximum Gasteiger partial charge on any atom is 0.280 e. The Morgan fingerprint density at radius 2 is 2.00 bits per heavy atom. The van der Waals surface area contributed by atoms with Gasteiger partial charge in [-0.2, -0.15) is 8.42 Å². The summed E-state index contributed by atoms with van der Waals surface area (Å²) >= 11 is 0. The zero-order chi connectivity index (χ0) is 13.2. The molecule has 1 aromatic carbocycles. The fourth-order valence-electron chi connectivity index (χ4n) is 1.41. The number of aryl methyl sites for hydroxylation is 1. The first-order valence-electron chi connectivity index (χ1n) is 5.22. The van der Waals surface area contributed by atoms with Gasteiger partial charge >= 0.3 is 0 Å². The van der Waals surface area contributed by atoms with Crippen molar-refractivity contribution in [1.29, 1.82) is 0 Å². The highest BCUT2D eigenvalue weighted by Gasteiger charge is 2.16. The van der Waals surface area contributed by atoms with Gasteiger partial charge in [-0.25, -0.2) is 4.98 Å². The number of anilines is 1. The van der Waals surface area contributed by atoms with Gasteiger partial charge in [-0.3, -0.25) is 4.72 Å². The Morgan fingerprint density at radius 1 is 1.33 bits per heavy atom. The minimum Gasteiger partial charge on any atom is -0.392 e. The summed E-state index contributed by atoms with van der Waals surface area (Å²) in [5, 5.41) is 8.86. The zero-order valence-corrected chi connectivity index (χ0v) is 10.6. The molecule has 0 aliphatic rings. The van der Waals surface area contributed by atoms with Crippen LogP contribution >= 0.6 is 0 Å². The molecule has 1 heterocycles. The zero-order valence-electron chi connectivity index (χ0n) is 9.74. The second-order valence-corrected chi connectivity index (χ2v) is 5.47. The highest BCUT2D eigenvalue weighted by atomic mass is 32.2. The molecule has 0 bridgehead atoms. The molecule has 18 heavy (non-hydrogen) atoms. The number of aliphatic hydroxyl groups excluding tert-OH is 1. The van der Waals surface area contributed by atoms with Crippen LogP contribution < -0.4 is 4.72 Å². The molecule has 0 saturated heterocycles. The second-order valence-electron chi connectivity index (χ2n) is 3.84. The van der Waals surface area contributed by atoms with Gasteiger partial charge in [0.2, 0.25) is 0 Å². The summed E-state index contributed by atoms with van der Waals surface area (Å²) in [5.74, 6) is 0. The summed E-state index contributed by atoms with van der Waals surface area (Å²) in [4.78, 5) is 3.79. The van der Waals surface area contributed by atoms with E-state index in [0.717, 1.165) is 5.56 Å². The Balaban J connectivity index is 2.22. The smallest absolute Gasteiger partial charge is 0.280 e. The van der Waals surface area contributed by atoms with Gasteiger partial charge in [0.25, 0.3) is 10.0 Å². The fourth-order valence-corrected chi connectivity index (χ4v) is 2.46. The molecule has 0 amide bonds. The molecule has 2 N–H and O–H groups in total. The molecule has 2 rings (SSSR count). The fraction of sp³-hybridized carbons (Fsp3) is 0.182. The van der Waals surface area contributed by atoms with Gasteiger partial charge in [0.05, 0.1) is 12.9 Å². The summed E-state index contributed by atoms with van der Waals surface area (Å²) < 4.78 is 27.8. The lowest BCUT2D eigenvalue weighted by atomic mass is 10.2. The van der Waals surface area contributed by atoms with Crippen LogP contribution in [0.1, 0.15) is 5.56 Å². The van der Waals surface area contributed by atoms with Gasteiger partial charge in [0.1, 0.15) is 0 Å². The molecule has 0 aliphatic carbocycles. The third-order valence-electron chi connectivity index (χ3n) is 2.35. The number of hydrogen-bond donors (Lipinski definition) is 2. The van der Waals surface area contributed by atoms with Crippen molar-refractivity contribution in [1.82, 2.24) is 9.55 Å². The van der Waals surface area contributed by atoms with Crippen molar-refractivity contribution >= 4 is 15.7 Å². The number of hydrogen-bond acceptors (Lipinski definition) is 4. The topological polar surface area (TPSA) is 84.2 Å². The number of aliphatic hydroxyl groups is 1. The van der Waals surface area contributed by atoms with Gasteiger partial charge in [-0.15, -0.1) is 0 Å². The number of benzene rings is 1. The number of rotatable bonds is 4. The van der Waals surface area contributed by atoms with E-state index in [4.69, 9.17) is 5.11 Å². The Hall–Kier alpha value is -1.86. The van der Waals surface area contributed by atoms with Crippen molar-refractivity contribution in [3.8, 4) is 0 Å². The molecule has 0 saturated carbocycles. The Morgan fingerprint density at radius 3 is 2.50 bits per heavy atom. The molecule has 6 nitrogen and oxygen atoms in total. The van der Waals surface area contributed by atoms with Gasteiger partial charge in [0.15, 0.2) is 5.03 Å².